The summed E-state index contributed by atoms with van der Waals surface area (Å²) in [5, 5.41) is 9.88. The number of aliphatic hydroxyl groups excluding tert-OH is 1. The van der Waals surface area contributed by atoms with Crippen LogP contribution in [0.3, 0.4) is 0 Å². The summed E-state index contributed by atoms with van der Waals surface area (Å²) in [5.74, 6) is -2.91. The van der Waals surface area contributed by atoms with Gasteiger partial charge in [0.1, 0.15) is 17.6 Å². The first kappa shape index (κ1) is 23.1. The second-order valence-electron chi connectivity index (χ2n) is 9.09. The molecule has 9 heteroatoms. The Bertz CT molecular complexity index is 1070. The molecule has 5 atom stereocenters. The Labute approximate surface area is 202 Å². The lowest BCUT2D eigenvalue weighted by molar-refractivity contribution is -0.154. The van der Waals surface area contributed by atoms with E-state index in [-0.39, 0.29) is 38.1 Å². The predicted octanol–water partition coefficient (Wildman–Crippen LogP) is 2.02. The minimum Gasteiger partial charge on any atom is -0.465 e. The minimum absolute atomic E-state index is 0.136. The molecule has 2 fully saturated rings. The largest absolute Gasteiger partial charge is 0.465 e. The maximum Gasteiger partial charge on any atom is 0.312 e. The van der Waals surface area contributed by atoms with Crippen LogP contribution in [0, 0.1) is 18.8 Å². The number of hydrogen-bond acceptors (Lipinski definition) is 6. The highest BCUT2D eigenvalue weighted by Gasteiger charge is 2.71. The topological polar surface area (TPSA) is 96.4 Å². The molecule has 34 heavy (non-hydrogen) atoms. The maximum absolute atomic E-state index is 14.2. The van der Waals surface area contributed by atoms with E-state index in [0.29, 0.717) is 23.6 Å². The van der Waals surface area contributed by atoms with E-state index < -0.39 is 35.6 Å². The Hall–Kier alpha value is -2.68. The number of carbonyl (C=O) groups is 3. The second-order valence-corrected chi connectivity index (χ2v) is 9.50. The third kappa shape index (κ3) is 3.39. The second kappa shape index (κ2) is 8.83. The molecule has 0 bridgehead atoms. The monoisotopic (exact) mass is 486 g/mol. The standard InChI is InChI=1S/C25H27ClN2O6/c1-15-7-4-8-16(26)20(15)27-11-5-10-25-19(18-17(34-25)9-2-3-14-33-24(18)32)22(30)28(12-6-13-29)21(25)23(27)31/h2,4-5,7-10,17-19,21,29H,3,6,11-14H2,1H3/t17-,18+,19-,21?,25-/m0/s1. The van der Waals surface area contributed by atoms with Crippen molar-refractivity contribution in [3.05, 3.63) is 53.1 Å². The van der Waals surface area contributed by atoms with E-state index in [1.165, 1.54) is 4.90 Å². The number of ether oxygens (including phenoxy) is 2. The number of anilines is 1. The molecule has 0 radical (unpaired) electrons. The predicted molar refractivity (Wildman–Crippen MR) is 124 cm³/mol. The van der Waals surface area contributed by atoms with Crippen molar-refractivity contribution >= 4 is 35.1 Å². The number of carbonyl (C=O) groups excluding carboxylic acids is 3. The number of amides is 2. The Balaban J connectivity index is 1.63. The molecular formula is C25H27ClN2O6. The Morgan fingerprint density at radius 2 is 2.03 bits per heavy atom. The summed E-state index contributed by atoms with van der Waals surface area (Å²) in [4.78, 5) is 44.0. The van der Waals surface area contributed by atoms with E-state index in [4.69, 9.17) is 21.1 Å². The minimum atomic E-state index is -1.32. The summed E-state index contributed by atoms with van der Waals surface area (Å²) < 4.78 is 11.9. The first-order valence-corrected chi connectivity index (χ1v) is 11.9. The quantitative estimate of drug-likeness (QED) is 0.516. The number of likely N-dealkylation sites (tertiary alicyclic amines) is 1. The summed E-state index contributed by atoms with van der Waals surface area (Å²) in [5.41, 5.74) is 0.0852. The molecule has 2 amide bonds. The van der Waals surface area contributed by atoms with Gasteiger partial charge in [-0.05, 0) is 31.4 Å². The van der Waals surface area contributed by atoms with Gasteiger partial charge in [0.2, 0.25) is 5.91 Å². The molecule has 1 unspecified atom stereocenters. The first-order valence-electron chi connectivity index (χ1n) is 11.6. The molecule has 4 aliphatic rings. The Morgan fingerprint density at radius 3 is 2.79 bits per heavy atom. The van der Waals surface area contributed by atoms with Crippen molar-refractivity contribution in [1.82, 2.24) is 4.90 Å². The molecule has 4 aliphatic heterocycles. The molecule has 180 valence electrons. The number of rotatable bonds is 4. The number of halogens is 1. The van der Waals surface area contributed by atoms with Crippen molar-refractivity contribution in [3.63, 3.8) is 0 Å². The molecule has 4 heterocycles. The fourth-order valence-electron chi connectivity index (χ4n) is 5.75. The number of cyclic esters (lactones) is 1. The third-order valence-electron chi connectivity index (χ3n) is 7.14. The molecular weight excluding hydrogens is 460 g/mol. The van der Waals surface area contributed by atoms with Gasteiger partial charge in [0.15, 0.2) is 0 Å². The zero-order valence-electron chi connectivity index (χ0n) is 18.9. The lowest BCUT2D eigenvalue weighted by atomic mass is 9.77. The molecule has 0 aromatic heterocycles. The molecule has 5 rings (SSSR count). The van der Waals surface area contributed by atoms with Gasteiger partial charge in [0, 0.05) is 19.7 Å². The highest BCUT2D eigenvalue weighted by atomic mass is 35.5. The first-order chi connectivity index (χ1) is 16.4. The maximum atomic E-state index is 14.2. The number of aliphatic hydroxyl groups is 1. The summed E-state index contributed by atoms with van der Waals surface area (Å²) in [7, 11) is 0. The smallest absolute Gasteiger partial charge is 0.312 e. The fourth-order valence-corrected chi connectivity index (χ4v) is 6.08. The van der Waals surface area contributed by atoms with E-state index >= 15 is 0 Å². The van der Waals surface area contributed by atoms with Crippen LogP contribution in [0.5, 0.6) is 0 Å². The van der Waals surface area contributed by atoms with Crippen LogP contribution in [0.4, 0.5) is 5.69 Å². The molecule has 2 saturated heterocycles. The number of para-hydroxylation sites is 1. The highest BCUT2D eigenvalue weighted by Crippen LogP contribution is 2.53. The van der Waals surface area contributed by atoms with Crippen molar-refractivity contribution in [2.75, 3.05) is 31.2 Å². The van der Waals surface area contributed by atoms with Gasteiger partial charge in [0.25, 0.3) is 5.91 Å². The van der Waals surface area contributed by atoms with Gasteiger partial charge in [-0.25, -0.2) is 0 Å². The van der Waals surface area contributed by atoms with Crippen LogP contribution >= 0.6 is 11.6 Å². The van der Waals surface area contributed by atoms with Gasteiger partial charge < -0.3 is 24.4 Å². The van der Waals surface area contributed by atoms with E-state index in [2.05, 4.69) is 0 Å². The van der Waals surface area contributed by atoms with E-state index in [1.807, 2.05) is 31.2 Å². The van der Waals surface area contributed by atoms with Gasteiger partial charge in [-0.2, -0.15) is 0 Å². The Morgan fingerprint density at radius 1 is 1.21 bits per heavy atom. The Kier molecular flexibility index (Phi) is 6.00. The van der Waals surface area contributed by atoms with Crippen molar-refractivity contribution < 1.29 is 29.0 Å². The van der Waals surface area contributed by atoms with Crippen LogP contribution in [0.15, 0.2) is 42.5 Å². The molecule has 0 aliphatic carbocycles. The lowest BCUT2D eigenvalue weighted by Gasteiger charge is -2.36. The van der Waals surface area contributed by atoms with Gasteiger partial charge in [0.05, 0.1) is 29.3 Å². The van der Waals surface area contributed by atoms with Crippen LogP contribution in [0.1, 0.15) is 18.4 Å². The fraction of sp³-hybridized carbons (Fsp3) is 0.480. The normalized spacial score (nSPS) is 32.6. The van der Waals surface area contributed by atoms with Crippen LogP contribution in [-0.4, -0.2) is 71.8 Å². The van der Waals surface area contributed by atoms with Crippen LogP contribution in [-0.2, 0) is 23.9 Å². The summed E-state index contributed by atoms with van der Waals surface area (Å²) in [6.45, 7) is 2.38. The number of benzene rings is 1. The van der Waals surface area contributed by atoms with Crippen molar-refractivity contribution in [1.29, 1.82) is 0 Å². The number of nitrogens with zero attached hydrogens (tertiary/aromatic N) is 2. The molecule has 8 nitrogen and oxygen atoms in total. The van der Waals surface area contributed by atoms with Gasteiger partial charge in [-0.1, -0.05) is 48.0 Å². The van der Waals surface area contributed by atoms with E-state index in [1.54, 1.807) is 23.1 Å². The third-order valence-corrected chi connectivity index (χ3v) is 7.44. The number of esters is 1. The molecule has 1 aromatic rings. The summed E-state index contributed by atoms with van der Waals surface area (Å²) in [6.07, 6.45) is 7.46. The van der Waals surface area contributed by atoms with E-state index in [9.17, 15) is 19.5 Å². The molecule has 0 saturated carbocycles. The van der Waals surface area contributed by atoms with Crippen LogP contribution < -0.4 is 4.90 Å². The average Bonchev–Trinajstić information content (AvgIpc) is 3.17. The lowest BCUT2D eigenvalue weighted by Crippen LogP contribution is -2.55. The average molecular weight is 487 g/mol. The van der Waals surface area contributed by atoms with Crippen LogP contribution in [0.2, 0.25) is 5.02 Å². The zero-order chi connectivity index (χ0) is 24.0. The zero-order valence-corrected chi connectivity index (χ0v) is 19.6. The summed E-state index contributed by atoms with van der Waals surface area (Å²) in [6, 6.07) is 4.42. The number of aryl methyl sites for hydroxylation is 1. The van der Waals surface area contributed by atoms with Gasteiger partial charge in [-0.15, -0.1) is 0 Å². The molecule has 1 N–H and O–H groups in total. The van der Waals surface area contributed by atoms with Gasteiger partial charge in [-0.3, -0.25) is 14.4 Å². The van der Waals surface area contributed by atoms with E-state index in [0.717, 1.165) is 5.56 Å². The van der Waals surface area contributed by atoms with Crippen molar-refractivity contribution in [2.45, 2.75) is 37.5 Å². The van der Waals surface area contributed by atoms with Gasteiger partial charge >= 0.3 is 5.97 Å². The summed E-state index contributed by atoms with van der Waals surface area (Å²) >= 11 is 6.50. The molecule has 1 aromatic carbocycles. The van der Waals surface area contributed by atoms with Crippen LogP contribution in [0.25, 0.3) is 0 Å². The SMILES string of the molecule is Cc1cccc(Cl)c1N1CC=C[C@]23O[C@H]4C=CCCOC(=O)[C@H]4[C@H]2C(=O)N(CCCO)C3C1=O. The number of hydrogen-bond donors (Lipinski definition) is 1. The highest BCUT2D eigenvalue weighted by molar-refractivity contribution is 6.34. The van der Waals surface area contributed by atoms with Crippen molar-refractivity contribution in [2.24, 2.45) is 11.8 Å². The van der Waals surface area contributed by atoms with Crippen molar-refractivity contribution in [3.8, 4) is 0 Å². The molecule has 1 spiro atoms. The number of fused-ring (bicyclic) bond motifs is 2.